The van der Waals surface area contributed by atoms with Gasteiger partial charge in [0.2, 0.25) is 5.92 Å². The highest BCUT2D eigenvalue weighted by molar-refractivity contribution is 5.68. The standard InChI is InChI=1S/C26H31F4N3O/c1-16-12-22(34-14-19-20(27)8-7-9-21(19)28)24-32-18(3)23(33(24)13-16)17(2)31-15-25(4,5)10-11-26(6,29)30/h7-9,12-13,31H,2,10-11,14-15H2,1,3-6H3. The first-order valence-electron chi connectivity index (χ1n) is 11.1. The van der Waals surface area contributed by atoms with Crippen LogP contribution in [0.2, 0.25) is 0 Å². The summed E-state index contributed by atoms with van der Waals surface area (Å²) in [6, 6.07) is 5.43. The molecule has 0 saturated carbocycles. The lowest BCUT2D eigenvalue weighted by Gasteiger charge is -2.27. The molecule has 34 heavy (non-hydrogen) atoms. The number of halogens is 4. The van der Waals surface area contributed by atoms with Crippen molar-refractivity contribution in [1.29, 1.82) is 0 Å². The Kier molecular flexibility index (Phi) is 7.29. The molecule has 0 aliphatic heterocycles. The molecule has 3 rings (SSSR count). The van der Waals surface area contributed by atoms with E-state index in [1.54, 1.807) is 6.07 Å². The minimum Gasteiger partial charge on any atom is -0.485 e. The monoisotopic (exact) mass is 477 g/mol. The highest BCUT2D eigenvalue weighted by Crippen LogP contribution is 2.31. The van der Waals surface area contributed by atoms with Crippen molar-refractivity contribution in [2.45, 2.75) is 60.0 Å². The van der Waals surface area contributed by atoms with E-state index < -0.39 is 17.6 Å². The van der Waals surface area contributed by atoms with Crippen LogP contribution in [0.4, 0.5) is 17.6 Å². The van der Waals surface area contributed by atoms with E-state index >= 15 is 0 Å². The molecule has 0 radical (unpaired) electrons. The van der Waals surface area contributed by atoms with E-state index in [9.17, 15) is 17.6 Å². The van der Waals surface area contributed by atoms with E-state index in [-0.39, 0.29) is 24.0 Å². The average Bonchev–Trinajstić information content (AvgIpc) is 3.05. The summed E-state index contributed by atoms with van der Waals surface area (Å²) in [5.41, 5.74) is 2.82. The minimum atomic E-state index is -2.70. The Labute approximate surface area is 197 Å². The summed E-state index contributed by atoms with van der Waals surface area (Å²) < 4.78 is 62.2. The summed E-state index contributed by atoms with van der Waals surface area (Å²) in [7, 11) is 0. The van der Waals surface area contributed by atoms with Gasteiger partial charge in [0.25, 0.3) is 0 Å². The summed E-state index contributed by atoms with van der Waals surface area (Å²) in [6.45, 7) is 12.8. The van der Waals surface area contributed by atoms with Crippen molar-refractivity contribution in [2.75, 3.05) is 6.54 Å². The van der Waals surface area contributed by atoms with Gasteiger partial charge in [0.1, 0.15) is 18.2 Å². The third-order valence-electron chi connectivity index (χ3n) is 5.74. The number of hydrogen-bond acceptors (Lipinski definition) is 3. The topological polar surface area (TPSA) is 38.6 Å². The summed E-state index contributed by atoms with van der Waals surface area (Å²) in [5, 5.41) is 3.27. The number of alkyl halides is 2. The Morgan fingerprint density at radius 2 is 1.76 bits per heavy atom. The van der Waals surface area contributed by atoms with Crippen LogP contribution >= 0.6 is 0 Å². The van der Waals surface area contributed by atoms with Gasteiger partial charge in [-0.3, -0.25) is 4.40 Å². The normalized spacial score (nSPS) is 12.3. The first-order valence-corrected chi connectivity index (χ1v) is 11.1. The molecule has 184 valence electrons. The smallest absolute Gasteiger partial charge is 0.245 e. The highest BCUT2D eigenvalue weighted by Gasteiger charge is 2.27. The van der Waals surface area contributed by atoms with Crippen molar-refractivity contribution in [3.05, 3.63) is 71.2 Å². The second kappa shape index (κ2) is 9.68. The van der Waals surface area contributed by atoms with E-state index in [4.69, 9.17) is 4.74 Å². The second-order valence-electron chi connectivity index (χ2n) is 9.68. The maximum Gasteiger partial charge on any atom is 0.245 e. The summed E-state index contributed by atoms with van der Waals surface area (Å²) in [5.74, 6) is -3.67. The Hall–Kier alpha value is -3.03. The van der Waals surface area contributed by atoms with E-state index in [2.05, 4.69) is 16.9 Å². The average molecular weight is 478 g/mol. The number of rotatable bonds is 10. The molecule has 0 atom stereocenters. The third kappa shape index (κ3) is 6.10. The fraction of sp³-hybridized carbons (Fsp3) is 0.423. The molecule has 0 spiro atoms. The zero-order chi connectivity index (χ0) is 25.3. The lowest BCUT2D eigenvalue weighted by Crippen LogP contribution is -2.30. The van der Waals surface area contributed by atoms with Crippen LogP contribution in [0.1, 0.15) is 56.1 Å². The first-order chi connectivity index (χ1) is 15.8. The molecule has 2 aromatic heterocycles. The predicted octanol–water partition coefficient (Wildman–Crippen LogP) is 6.83. The Morgan fingerprint density at radius 1 is 1.12 bits per heavy atom. The van der Waals surface area contributed by atoms with Crippen LogP contribution in [-0.2, 0) is 6.61 Å². The Morgan fingerprint density at radius 3 is 2.38 bits per heavy atom. The molecule has 3 aromatic rings. The number of nitrogens with one attached hydrogen (secondary N) is 1. The molecule has 0 aliphatic carbocycles. The maximum absolute atomic E-state index is 14.0. The van der Waals surface area contributed by atoms with Gasteiger partial charge in [-0.05, 0) is 56.4 Å². The quantitative estimate of drug-likeness (QED) is 0.325. The fourth-order valence-electron chi connectivity index (χ4n) is 3.72. The van der Waals surface area contributed by atoms with Crippen molar-refractivity contribution in [2.24, 2.45) is 5.41 Å². The molecule has 1 aromatic carbocycles. The van der Waals surface area contributed by atoms with Gasteiger partial charge in [-0.2, -0.15) is 0 Å². The number of imidazole rings is 1. The Balaban J connectivity index is 1.82. The maximum atomic E-state index is 14.0. The van der Waals surface area contributed by atoms with E-state index in [0.717, 1.165) is 18.2 Å². The summed E-state index contributed by atoms with van der Waals surface area (Å²) in [6.07, 6.45) is 2.04. The van der Waals surface area contributed by atoms with Gasteiger partial charge in [-0.25, -0.2) is 22.5 Å². The lowest BCUT2D eigenvalue weighted by atomic mass is 9.86. The molecular formula is C26H31F4N3O. The molecule has 0 bridgehead atoms. The fourth-order valence-corrected chi connectivity index (χ4v) is 3.72. The molecular weight excluding hydrogens is 446 g/mol. The molecule has 0 aliphatic rings. The summed E-state index contributed by atoms with van der Waals surface area (Å²) in [4.78, 5) is 4.60. The number of nitrogens with zero attached hydrogens (tertiary/aromatic N) is 2. The highest BCUT2D eigenvalue weighted by atomic mass is 19.3. The van der Waals surface area contributed by atoms with Crippen molar-refractivity contribution < 1.29 is 22.3 Å². The molecule has 2 heterocycles. The number of ether oxygens (including phenoxy) is 1. The van der Waals surface area contributed by atoms with Crippen LogP contribution in [0.3, 0.4) is 0 Å². The van der Waals surface area contributed by atoms with Gasteiger partial charge in [-0.1, -0.05) is 26.5 Å². The van der Waals surface area contributed by atoms with Crippen molar-refractivity contribution in [3.8, 4) is 5.75 Å². The lowest BCUT2D eigenvalue weighted by molar-refractivity contribution is 0.00154. The van der Waals surface area contributed by atoms with Gasteiger partial charge in [0, 0.05) is 19.2 Å². The van der Waals surface area contributed by atoms with Crippen molar-refractivity contribution >= 4 is 11.3 Å². The number of aryl methyl sites for hydroxylation is 2. The van der Waals surface area contributed by atoms with Crippen molar-refractivity contribution in [3.63, 3.8) is 0 Å². The number of pyridine rings is 1. The van der Waals surface area contributed by atoms with Crippen LogP contribution in [0.15, 0.2) is 37.0 Å². The van der Waals surface area contributed by atoms with Crippen molar-refractivity contribution in [1.82, 2.24) is 14.7 Å². The van der Waals surface area contributed by atoms with Crippen LogP contribution in [0.5, 0.6) is 5.75 Å². The molecule has 4 nitrogen and oxygen atoms in total. The zero-order valence-corrected chi connectivity index (χ0v) is 20.2. The SMILES string of the molecule is C=C(NCC(C)(C)CCC(C)(F)F)c1c(C)nc2c(OCc3c(F)cccc3F)cc(C)cn12. The molecule has 0 amide bonds. The molecule has 1 N–H and O–H groups in total. The van der Waals surface area contributed by atoms with Gasteiger partial charge in [0.05, 0.1) is 22.6 Å². The second-order valence-corrected chi connectivity index (χ2v) is 9.68. The predicted molar refractivity (Wildman–Crippen MR) is 126 cm³/mol. The van der Waals surface area contributed by atoms with Gasteiger partial charge < -0.3 is 10.1 Å². The first kappa shape index (κ1) is 25.6. The summed E-state index contributed by atoms with van der Waals surface area (Å²) >= 11 is 0. The van der Waals surface area contributed by atoms with Crippen LogP contribution in [0.25, 0.3) is 11.3 Å². The van der Waals surface area contributed by atoms with Crippen LogP contribution in [0, 0.1) is 30.9 Å². The van der Waals surface area contributed by atoms with Crippen LogP contribution in [-0.4, -0.2) is 21.9 Å². The number of fused-ring (bicyclic) bond motifs is 1. The zero-order valence-electron chi connectivity index (χ0n) is 20.2. The number of hydrogen-bond donors (Lipinski definition) is 1. The third-order valence-corrected chi connectivity index (χ3v) is 5.74. The Bertz CT molecular complexity index is 1170. The van der Waals surface area contributed by atoms with Gasteiger partial charge in [-0.15, -0.1) is 0 Å². The minimum absolute atomic E-state index is 0.156. The molecule has 8 heteroatoms. The number of aromatic nitrogens is 2. The molecule has 0 saturated heterocycles. The molecule has 0 fully saturated rings. The number of benzene rings is 1. The molecule has 0 unspecified atom stereocenters. The van der Waals surface area contributed by atoms with E-state index in [1.165, 1.54) is 18.2 Å². The van der Waals surface area contributed by atoms with E-state index in [1.807, 2.05) is 38.3 Å². The van der Waals surface area contributed by atoms with Gasteiger partial charge >= 0.3 is 0 Å². The largest absolute Gasteiger partial charge is 0.485 e. The van der Waals surface area contributed by atoms with E-state index in [0.29, 0.717) is 35.8 Å². The van der Waals surface area contributed by atoms with Gasteiger partial charge in [0.15, 0.2) is 11.4 Å². The van der Waals surface area contributed by atoms with Crippen LogP contribution < -0.4 is 10.1 Å².